The summed E-state index contributed by atoms with van der Waals surface area (Å²) in [4.78, 5) is 11.5. The molecule has 1 atom stereocenters. The van der Waals surface area contributed by atoms with Gasteiger partial charge in [0.05, 0.1) is 12.2 Å². The lowest BCUT2D eigenvalue weighted by Gasteiger charge is -2.13. The molecular formula is C11H11F4NO2. The molecule has 1 amide bonds. The van der Waals surface area contributed by atoms with Gasteiger partial charge in [-0.2, -0.15) is 13.2 Å². The molecule has 0 radical (unpaired) electrons. The highest BCUT2D eigenvalue weighted by atomic mass is 19.4. The summed E-state index contributed by atoms with van der Waals surface area (Å²) >= 11 is 0. The molecule has 0 aliphatic rings. The minimum Gasteiger partial charge on any atom is -0.394 e. The van der Waals surface area contributed by atoms with Gasteiger partial charge >= 0.3 is 6.18 Å². The number of aliphatic hydroxyl groups is 1. The summed E-state index contributed by atoms with van der Waals surface area (Å²) in [6, 6.07) is 1.37. The van der Waals surface area contributed by atoms with Gasteiger partial charge in [-0.05, 0) is 25.1 Å². The number of amides is 1. The Morgan fingerprint density at radius 3 is 2.56 bits per heavy atom. The van der Waals surface area contributed by atoms with Crippen molar-refractivity contribution in [2.45, 2.75) is 19.1 Å². The molecule has 1 aromatic carbocycles. The van der Waals surface area contributed by atoms with Crippen molar-refractivity contribution in [1.82, 2.24) is 5.32 Å². The zero-order valence-corrected chi connectivity index (χ0v) is 9.38. The van der Waals surface area contributed by atoms with Gasteiger partial charge in [-0.1, -0.05) is 0 Å². The van der Waals surface area contributed by atoms with Crippen LogP contribution in [0.2, 0.25) is 0 Å². The van der Waals surface area contributed by atoms with Gasteiger partial charge < -0.3 is 10.4 Å². The van der Waals surface area contributed by atoms with E-state index in [1.54, 1.807) is 0 Å². The fourth-order valence-corrected chi connectivity index (χ4v) is 1.24. The monoisotopic (exact) mass is 265 g/mol. The highest BCUT2D eigenvalue weighted by molar-refractivity contribution is 5.94. The number of hydrogen-bond donors (Lipinski definition) is 2. The Kier molecular flexibility index (Phi) is 4.28. The normalized spacial score (nSPS) is 13.2. The topological polar surface area (TPSA) is 49.3 Å². The van der Waals surface area contributed by atoms with E-state index >= 15 is 0 Å². The quantitative estimate of drug-likeness (QED) is 0.821. The first-order valence-electron chi connectivity index (χ1n) is 5.04. The molecule has 0 fully saturated rings. The number of rotatable bonds is 3. The molecule has 0 heterocycles. The van der Waals surface area contributed by atoms with E-state index in [1.807, 2.05) is 0 Å². The number of benzene rings is 1. The highest BCUT2D eigenvalue weighted by Crippen LogP contribution is 2.31. The van der Waals surface area contributed by atoms with E-state index in [1.165, 1.54) is 6.92 Å². The lowest BCUT2D eigenvalue weighted by atomic mass is 10.1. The molecule has 0 spiro atoms. The van der Waals surface area contributed by atoms with E-state index in [0.29, 0.717) is 12.1 Å². The third kappa shape index (κ3) is 3.43. The Morgan fingerprint density at radius 2 is 2.06 bits per heavy atom. The Bertz CT molecular complexity index is 445. The molecule has 7 heteroatoms. The Labute approximate surface area is 100 Å². The van der Waals surface area contributed by atoms with Gasteiger partial charge in [0.25, 0.3) is 5.91 Å². The maximum atomic E-state index is 13.0. The number of hydrogen-bond acceptors (Lipinski definition) is 2. The van der Waals surface area contributed by atoms with Gasteiger partial charge in [0.1, 0.15) is 5.82 Å². The lowest BCUT2D eigenvalue weighted by molar-refractivity contribution is -0.140. The van der Waals surface area contributed by atoms with Crippen LogP contribution in [0.3, 0.4) is 0 Å². The van der Waals surface area contributed by atoms with Crippen molar-refractivity contribution in [2.24, 2.45) is 0 Å². The Morgan fingerprint density at radius 1 is 1.44 bits per heavy atom. The van der Waals surface area contributed by atoms with Crippen molar-refractivity contribution >= 4 is 5.91 Å². The largest absolute Gasteiger partial charge is 0.419 e. The molecule has 0 aliphatic carbocycles. The van der Waals surface area contributed by atoms with Crippen molar-refractivity contribution < 1.29 is 27.5 Å². The minimum absolute atomic E-state index is 0.316. The molecule has 0 bridgehead atoms. The predicted molar refractivity (Wildman–Crippen MR) is 55.4 cm³/mol. The number of nitrogens with one attached hydrogen (secondary N) is 1. The maximum Gasteiger partial charge on any atom is 0.419 e. The number of halogens is 4. The summed E-state index contributed by atoms with van der Waals surface area (Å²) in [5, 5.41) is 11.0. The van der Waals surface area contributed by atoms with E-state index in [-0.39, 0.29) is 12.2 Å². The van der Waals surface area contributed by atoms with Crippen LogP contribution in [0.5, 0.6) is 0 Å². The van der Waals surface area contributed by atoms with Crippen molar-refractivity contribution in [1.29, 1.82) is 0 Å². The van der Waals surface area contributed by atoms with Gasteiger partial charge in [0, 0.05) is 11.6 Å². The first-order valence-corrected chi connectivity index (χ1v) is 5.04. The van der Waals surface area contributed by atoms with Crippen LogP contribution in [0.15, 0.2) is 18.2 Å². The SMILES string of the molecule is C[C@H](CO)NC(=O)c1ccc(F)c(C(F)(F)F)c1. The van der Waals surface area contributed by atoms with Crippen LogP contribution in [0.4, 0.5) is 17.6 Å². The molecule has 1 aromatic rings. The molecule has 3 nitrogen and oxygen atoms in total. The van der Waals surface area contributed by atoms with E-state index in [9.17, 15) is 22.4 Å². The molecule has 0 aliphatic heterocycles. The fraction of sp³-hybridized carbons (Fsp3) is 0.364. The van der Waals surface area contributed by atoms with Gasteiger partial charge in [-0.25, -0.2) is 4.39 Å². The number of carbonyl (C=O) groups excluding carboxylic acids is 1. The molecule has 2 N–H and O–H groups in total. The first kappa shape index (κ1) is 14.4. The number of carbonyl (C=O) groups is 1. The molecule has 0 saturated heterocycles. The van der Waals surface area contributed by atoms with Gasteiger partial charge in [-0.3, -0.25) is 4.79 Å². The standard InChI is InChI=1S/C11H11F4NO2/c1-6(5-17)16-10(18)7-2-3-9(12)8(4-7)11(13,14)15/h2-4,6,17H,5H2,1H3,(H,16,18)/t6-/m1/s1. The molecule has 0 aromatic heterocycles. The van der Waals surface area contributed by atoms with Gasteiger partial charge in [-0.15, -0.1) is 0 Å². The molecule has 100 valence electrons. The van der Waals surface area contributed by atoms with E-state index in [2.05, 4.69) is 5.32 Å². The molecule has 0 unspecified atom stereocenters. The summed E-state index contributed by atoms with van der Waals surface area (Å²) in [6.07, 6.45) is -4.86. The second-order valence-corrected chi connectivity index (χ2v) is 3.75. The third-order valence-corrected chi connectivity index (χ3v) is 2.19. The molecule has 18 heavy (non-hydrogen) atoms. The highest BCUT2D eigenvalue weighted by Gasteiger charge is 2.34. The van der Waals surface area contributed by atoms with Crippen LogP contribution in [-0.4, -0.2) is 23.7 Å². The molecule has 0 saturated carbocycles. The first-order chi connectivity index (χ1) is 8.25. The second kappa shape index (κ2) is 5.34. The zero-order chi connectivity index (χ0) is 13.9. The van der Waals surface area contributed by atoms with Crippen LogP contribution in [-0.2, 0) is 6.18 Å². The Hall–Kier alpha value is -1.63. The van der Waals surface area contributed by atoms with Crippen molar-refractivity contribution in [2.75, 3.05) is 6.61 Å². The molecule has 1 rings (SSSR count). The zero-order valence-electron chi connectivity index (χ0n) is 9.38. The lowest BCUT2D eigenvalue weighted by Crippen LogP contribution is -2.35. The van der Waals surface area contributed by atoms with Crippen LogP contribution in [0, 0.1) is 5.82 Å². The van der Waals surface area contributed by atoms with Crippen LogP contribution >= 0.6 is 0 Å². The molecular weight excluding hydrogens is 254 g/mol. The van der Waals surface area contributed by atoms with Crippen LogP contribution in [0.25, 0.3) is 0 Å². The second-order valence-electron chi connectivity index (χ2n) is 3.75. The smallest absolute Gasteiger partial charge is 0.394 e. The summed E-state index contributed by atoms with van der Waals surface area (Å²) < 4.78 is 50.2. The predicted octanol–water partition coefficient (Wildman–Crippen LogP) is 1.96. The van der Waals surface area contributed by atoms with Gasteiger partial charge in [0.2, 0.25) is 0 Å². The average molecular weight is 265 g/mol. The fourth-order valence-electron chi connectivity index (χ4n) is 1.24. The third-order valence-electron chi connectivity index (χ3n) is 2.19. The number of aliphatic hydroxyl groups excluding tert-OH is 1. The van der Waals surface area contributed by atoms with Gasteiger partial charge in [0.15, 0.2) is 0 Å². The van der Waals surface area contributed by atoms with E-state index in [0.717, 1.165) is 6.07 Å². The van der Waals surface area contributed by atoms with Crippen molar-refractivity contribution in [3.63, 3.8) is 0 Å². The summed E-state index contributed by atoms with van der Waals surface area (Å²) in [6.45, 7) is 1.13. The minimum atomic E-state index is -4.86. The average Bonchev–Trinajstić information content (AvgIpc) is 2.27. The summed E-state index contributed by atoms with van der Waals surface area (Å²) in [5.41, 5.74) is -1.81. The van der Waals surface area contributed by atoms with Crippen molar-refractivity contribution in [3.8, 4) is 0 Å². The van der Waals surface area contributed by atoms with Crippen LogP contribution in [0.1, 0.15) is 22.8 Å². The summed E-state index contributed by atoms with van der Waals surface area (Å²) in [7, 11) is 0. The summed E-state index contributed by atoms with van der Waals surface area (Å²) in [5.74, 6) is -2.24. The van der Waals surface area contributed by atoms with Crippen molar-refractivity contribution in [3.05, 3.63) is 35.1 Å². The van der Waals surface area contributed by atoms with E-state index < -0.39 is 29.5 Å². The van der Waals surface area contributed by atoms with Crippen LogP contribution < -0.4 is 5.32 Å². The Balaban J connectivity index is 3.02. The number of alkyl halides is 3. The maximum absolute atomic E-state index is 13.0. The van der Waals surface area contributed by atoms with E-state index in [4.69, 9.17) is 5.11 Å².